The van der Waals surface area contributed by atoms with E-state index in [0.29, 0.717) is 0 Å². The molecule has 0 bridgehead atoms. The van der Waals surface area contributed by atoms with E-state index < -0.39 is 0 Å². The predicted octanol–water partition coefficient (Wildman–Crippen LogP) is 3.13. The van der Waals surface area contributed by atoms with Crippen LogP contribution in [0, 0.1) is 6.92 Å². The third kappa shape index (κ3) is 2.53. The highest BCUT2D eigenvalue weighted by Crippen LogP contribution is 2.42. The number of hydrogen-bond acceptors (Lipinski definition) is 3. The van der Waals surface area contributed by atoms with Gasteiger partial charge in [-0.25, -0.2) is 4.68 Å². The van der Waals surface area contributed by atoms with Gasteiger partial charge in [-0.3, -0.25) is 4.79 Å². The zero-order valence-corrected chi connectivity index (χ0v) is 15.2. The molecular formula is C20H25N3O2. The van der Waals surface area contributed by atoms with E-state index in [0.717, 1.165) is 49.4 Å². The van der Waals surface area contributed by atoms with Crippen LogP contribution in [0.2, 0.25) is 0 Å². The lowest BCUT2D eigenvalue weighted by atomic mass is 9.98. The molecule has 2 aromatic rings. The third-order valence-electron chi connectivity index (χ3n) is 5.71. The van der Waals surface area contributed by atoms with Crippen LogP contribution < -0.4 is 4.74 Å². The number of aromatic nitrogens is 2. The summed E-state index contributed by atoms with van der Waals surface area (Å²) in [5.74, 6) is 1.03. The number of methoxy groups -OCH3 is 1. The van der Waals surface area contributed by atoms with Crippen molar-refractivity contribution in [3.05, 3.63) is 46.6 Å². The van der Waals surface area contributed by atoms with Crippen LogP contribution in [-0.2, 0) is 18.3 Å². The number of amides is 1. The Morgan fingerprint density at radius 2 is 2.08 bits per heavy atom. The van der Waals surface area contributed by atoms with E-state index in [2.05, 4.69) is 28.2 Å². The van der Waals surface area contributed by atoms with E-state index in [1.807, 2.05) is 20.0 Å². The van der Waals surface area contributed by atoms with Crippen molar-refractivity contribution in [1.29, 1.82) is 0 Å². The van der Waals surface area contributed by atoms with Crippen LogP contribution >= 0.6 is 0 Å². The van der Waals surface area contributed by atoms with Gasteiger partial charge in [0, 0.05) is 13.6 Å². The van der Waals surface area contributed by atoms with E-state index in [9.17, 15) is 4.79 Å². The highest BCUT2D eigenvalue weighted by Gasteiger charge is 2.39. The van der Waals surface area contributed by atoms with Crippen LogP contribution in [-0.4, -0.2) is 34.2 Å². The Bertz CT molecular complexity index is 811. The van der Waals surface area contributed by atoms with Crippen molar-refractivity contribution in [2.75, 3.05) is 13.7 Å². The molecule has 4 rings (SSSR count). The van der Waals surface area contributed by atoms with Gasteiger partial charge >= 0.3 is 0 Å². The summed E-state index contributed by atoms with van der Waals surface area (Å²) >= 11 is 0. The first kappa shape index (κ1) is 16.2. The summed E-state index contributed by atoms with van der Waals surface area (Å²) in [6.07, 6.45) is 3.93. The second kappa shape index (κ2) is 6.21. The minimum absolute atomic E-state index is 0.000211. The molecule has 1 aliphatic carbocycles. The molecule has 2 atom stereocenters. The van der Waals surface area contributed by atoms with Crippen molar-refractivity contribution < 1.29 is 9.53 Å². The van der Waals surface area contributed by atoms with E-state index >= 15 is 0 Å². The number of hydrogen-bond donors (Lipinski definition) is 0. The molecular weight excluding hydrogens is 314 g/mol. The van der Waals surface area contributed by atoms with E-state index in [-0.39, 0.29) is 17.9 Å². The maximum Gasteiger partial charge on any atom is 0.230 e. The molecule has 1 aliphatic heterocycles. The summed E-state index contributed by atoms with van der Waals surface area (Å²) in [6.45, 7) is 2.82. The Labute approximate surface area is 148 Å². The van der Waals surface area contributed by atoms with Gasteiger partial charge in [0.2, 0.25) is 11.8 Å². The fourth-order valence-electron chi connectivity index (χ4n) is 4.62. The number of ether oxygens (including phenoxy) is 1. The largest absolute Gasteiger partial charge is 0.481 e. The second-order valence-corrected chi connectivity index (χ2v) is 7.11. The average Bonchev–Trinajstić information content (AvgIpc) is 3.30. The number of likely N-dealkylation sites (tertiary alicyclic amines) is 1. The second-order valence-electron chi connectivity index (χ2n) is 7.11. The summed E-state index contributed by atoms with van der Waals surface area (Å²) in [7, 11) is 3.57. The summed E-state index contributed by atoms with van der Waals surface area (Å²) in [5, 5.41) is 4.51. The molecule has 1 aromatic carbocycles. The quantitative estimate of drug-likeness (QED) is 0.863. The number of carbonyl (C=O) groups excluding carboxylic acids is 1. The Morgan fingerprint density at radius 1 is 1.28 bits per heavy atom. The lowest BCUT2D eigenvalue weighted by Gasteiger charge is -2.28. The van der Waals surface area contributed by atoms with E-state index in [4.69, 9.17) is 4.74 Å². The Morgan fingerprint density at radius 3 is 2.88 bits per heavy atom. The summed E-state index contributed by atoms with van der Waals surface area (Å²) in [4.78, 5) is 15.4. The first-order valence-corrected chi connectivity index (χ1v) is 9.07. The number of nitrogens with zero attached hydrogens (tertiary/aromatic N) is 3. The first-order chi connectivity index (χ1) is 12.1. The smallest absolute Gasteiger partial charge is 0.230 e. The number of fused-ring (bicyclic) bond motifs is 1. The standard InChI is InChI=1S/C20H25N3O2/c1-13-18(20(25-3)22(2)21-13)17-9-6-12-23(17)19(24)16-11-10-14-7-4-5-8-15(14)16/h4-5,7-8,16-17H,6,9-12H2,1-3H3/t16-,17+/m0/s1. The predicted molar refractivity (Wildman–Crippen MR) is 95.7 cm³/mol. The molecule has 0 spiro atoms. The lowest BCUT2D eigenvalue weighted by molar-refractivity contribution is -0.133. The molecule has 1 aromatic heterocycles. The molecule has 5 heteroatoms. The monoisotopic (exact) mass is 339 g/mol. The molecule has 2 heterocycles. The van der Waals surface area contributed by atoms with Gasteiger partial charge in [0.05, 0.1) is 30.3 Å². The molecule has 0 radical (unpaired) electrons. The Balaban J connectivity index is 1.66. The number of carbonyl (C=O) groups is 1. The van der Waals surface area contributed by atoms with Crippen molar-refractivity contribution >= 4 is 5.91 Å². The lowest BCUT2D eigenvalue weighted by Crippen LogP contribution is -2.34. The molecule has 2 aliphatic rings. The summed E-state index contributed by atoms with van der Waals surface area (Å²) < 4.78 is 7.36. The topological polar surface area (TPSA) is 47.4 Å². The van der Waals surface area contributed by atoms with Crippen LogP contribution in [0.15, 0.2) is 24.3 Å². The van der Waals surface area contributed by atoms with Gasteiger partial charge in [-0.2, -0.15) is 5.10 Å². The molecule has 25 heavy (non-hydrogen) atoms. The van der Waals surface area contributed by atoms with Crippen molar-refractivity contribution in [1.82, 2.24) is 14.7 Å². The van der Waals surface area contributed by atoms with Crippen molar-refractivity contribution in [3.8, 4) is 5.88 Å². The van der Waals surface area contributed by atoms with Crippen LogP contribution in [0.4, 0.5) is 0 Å². The molecule has 132 valence electrons. The average molecular weight is 339 g/mol. The zero-order valence-electron chi connectivity index (χ0n) is 15.2. The van der Waals surface area contributed by atoms with Gasteiger partial charge in [0.1, 0.15) is 0 Å². The molecule has 0 unspecified atom stereocenters. The highest BCUT2D eigenvalue weighted by atomic mass is 16.5. The van der Waals surface area contributed by atoms with Crippen molar-refractivity contribution in [2.24, 2.45) is 7.05 Å². The SMILES string of the molecule is COc1c([C@H]2CCCN2C(=O)[C@H]2CCc3ccccc32)c(C)nn1C. The van der Waals surface area contributed by atoms with Gasteiger partial charge in [-0.05, 0) is 43.7 Å². The van der Waals surface area contributed by atoms with Crippen molar-refractivity contribution in [3.63, 3.8) is 0 Å². The van der Waals surface area contributed by atoms with Gasteiger partial charge in [0.25, 0.3) is 0 Å². The number of rotatable bonds is 3. The molecule has 1 amide bonds. The summed E-state index contributed by atoms with van der Waals surface area (Å²) in [5.41, 5.74) is 4.57. The minimum atomic E-state index is -0.000211. The maximum absolute atomic E-state index is 13.4. The Hall–Kier alpha value is -2.30. The van der Waals surface area contributed by atoms with Gasteiger partial charge in [0.15, 0.2) is 0 Å². The van der Waals surface area contributed by atoms with Crippen molar-refractivity contribution in [2.45, 2.75) is 44.6 Å². The maximum atomic E-state index is 13.4. The molecule has 0 N–H and O–H groups in total. The van der Waals surface area contributed by atoms with Crippen LogP contribution in [0.3, 0.4) is 0 Å². The van der Waals surface area contributed by atoms with Gasteiger partial charge < -0.3 is 9.64 Å². The van der Waals surface area contributed by atoms with Crippen LogP contribution in [0.25, 0.3) is 0 Å². The first-order valence-electron chi connectivity index (χ1n) is 9.07. The molecule has 1 fully saturated rings. The minimum Gasteiger partial charge on any atom is -0.481 e. The number of benzene rings is 1. The Kier molecular flexibility index (Phi) is 4.02. The normalized spacial score (nSPS) is 22.3. The molecule has 5 nitrogen and oxygen atoms in total. The van der Waals surface area contributed by atoms with Crippen LogP contribution in [0.5, 0.6) is 5.88 Å². The van der Waals surface area contributed by atoms with Gasteiger partial charge in [-0.15, -0.1) is 0 Å². The zero-order chi connectivity index (χ0) is 17.6. The fraction of sp³-hybridized carbons (Fsp3) is 0.500. The summed E-state index contributed by atoms with van der Waals surface area (Å²) in [6, 6.07) is 8.45. The third-order valence-corrected chi connectivity index (χ3v) is 5.71. The van der Waals surface area contributed by atoms with E-state index in [1.54, 1.807) is 11.8 Å². The molecule has 1 saturated heterocycles. The van der Waals surface area contributed by atoms with Gasteiger partial charge in [-0.1, -0.05) is 24.3 Å². The molecule has 0 saturated carbocycles. The van der Waals surface area contributed by atoms with E-state index in [1.165, 1.54) is 11.1 Å². The highest BCUT2D eigenvalue weighted by molar-refractivity contribution is 5.85. The fourth-order valence-corrected chi connectivity index (χ4v) is 4.62. The number of aryl methyl sites for hydroxylation is 3. The van der Waals surface area contributed by atoms with Crippen LogP contribution in [0.1, 0.15) is 53.6 Å².